The van der Waals surface area contributed by atoms with Crippen LogP contribution >= 0.6 is 23.1 Å². The topological polar surface area (TPSA) is 50.8 Å². The van der Waals surface area contributed by atoms with E-state index in [9.17, 15) is 4.79 Å². The number of nitrogens with one attached hydrogen (secondary N) is 1. The van der Waals surface area contributed by atoms with Crippen molar-refractivity contribution in [2.24, 2.45) is 0 Å². The highest BCUT2D eigenvalue weighted by Gasteiger charge is 2.16. The molecule has 2 aromatic carbocycles. The van der Waals surface area contributed by atoms with Gasteiger partial charge >= 0.3 is 0 Å². The summed E-state index contributed by atoms with van der Waals surface area (Å²) in [6, 6.07) is 16.1. The molecule has 32 heavy (non-hydrogen) atoms. The zero-order chi connectivity index (χ0) is 21.9. The van der Waals surface area contributed by atoms with Crippen LogP contribution < -0.4 is 14.8 Å². The number of rotatable bonds is 5. The Balaban J connectivity index is 1.26. The molecule has 1 amide bonds. The molecule has 2 aliphatic heterocycles. The normalized spacial score (nSPS) is 16.0. The Morgan fingerprint density at radius 1 is 1.00 bits per heavy atom. The average Bonchev–Trinajstić information content (AvgIpc) is 3.32. The Bertz CT molecular complexity index is 1120. The Hall–Kier alpha value is -2.48. The van der Waals surface area contributed by atoms with Gasteiger partial charge in [0.1, 0.15) is 13.2 Å². The van der Waals surface area contributed by atoms with E-state index >= 15 is 0 Å². The molecule has 3 aromatic rings. The largest absolute Gasteiger partial charge is 0.486 e. The van der Waals surface area contributed by atoms with Crippen LogP contribution in [-0.4, -0.2) is 48.6 Å². The van der Waals surface area contributed by atoms with Gasteiger partial charge in [-0.15, -0.1) is 11.3 Å². The quantitative estimate of drug-likeness (QED) is 0.553. The Morgan fingerprint density at radius 2 is 1.81 bits per heavy atom. The summed E-state index contributed by atoms with van der Waals surface area (Å²) in [6.45, 7) is 6.45. The van der Waals surface area contributed by atoms with E-state index in [-0.39, 0.29) is 5.91 Å². The number of amides is 1. The number of carbonyl (C=O) groups excluding carboxylic acids is 1. The fourth-order valence-electron chi connectivity index (χ4n) is 3.98. The summed E-state index contributed by atoms with van der Waals surface area (Å²) >= 11 is 3.51. The van der Waals surface area contributed by atoms with Gasteiger partial charge in [0, 0.05) is 41.7 Å². The summed E-state index contributed by atoms with van der Waals surface area (Å²) in [5, 5.41) is 3.08. The van der Waals surface area contributed by atoms with Crippen molar-refractivity contribution in [1.29, 1.82) is 0 Å². The first-order valence-corrected chi connectivity index (χ1v) is 12.8. The summed E-state index contributed by atoms with van der Waals surface area (Å²) in [6.07, 6.45) is 0. The van der Waals surface area contributed by atoms with E-state index < -0.39 is 0 Å². The van der Waals surface area contributed by atoms with Gasteiger partial charge in [-0.1, -0.05) is 12.1 Å². The number of thiophene rings is 1. The van der Waals surface area contributed by atoms with E-state index in [0.29, 0.717) is 18.1 Å². The van der Waals surface area contributed by atoms with E-state index in [1.165, 1.54) is 28.4 Å². The molecule has 0 aliphatic carbocycles. The minimum atomic E-state index is -0.0808. The van der Waals surface area contributed by atoms with Crippen molar-refractivity contribution in [3.8, 4) is 21.9 Å². The van der Waals surface area contributed by atoms with Gasteiger partial charge < -0.3 is 14.8 Å². The van der Waals surface area contributed by atoms with Gasteiger partial charge in [0.2, 0.25) is 0 Å². The predicted octanol–water partition coefficient (Wildman–Crippen LogP) is 5.30. The van der Waals surface area contributed by atoms with Crippen molar-refractivity contribution in [3.63, 3.8) is 0 Å². The van der Waals surface area contributed by atoms with E-state index in [1.807, 2.05) is 48.2 Å². The van der Waals surface area contributed by atoms with Crippen molar-refractivity contribution < 1.29 is 14.3 Å². The maximum atomic E-state index is 12.9. The lowest BCUT2D eigenvalue weighted by Gasteiger charge is -2.26. The number of thioether (sulfide) groups is 1. The van der Waals surface area contributed by atoms with E-state index in [2.05, 4.69) is 29.3 Å². The first-order valence-electron chi connectivity index (χ1n) is 10.9. The number of hydrogen-bond donors (Lipinski definition) is 1. The van der Waals surface area contributed by atoms with Crippen LogP contribution in [0.5, 0.6) is 11.5 Å². The summed E-state index contributed by atoms with van der Waals surface area (Å²) in [5.74, 6) is 3.87. The van der Waals surface area contributed by atoms with E-state index in [4.69, 9.17) is 9.47 Å². The van der Waals surface area contributed by atoms with Crippen molar-refractivity contribution in [2.75, 3.05) is 43.1 Å². The predicted molar refractivity (Wildman–Crippen MR) is 132 cm³/mol. The third kappa shape index (κ3) is 4.80. The molecular formula is C25H26N2O3S2. The molecule has 0 bridgehead atoms. The molecule has 3 heterocycles. The van der Waals surface area contributed by atoms with Crippen LogP contribution in [0.4, 0.5) is 5.69 Å². The SMILES string of the molecule is Cc1cc(CN2CCSCC2)ccc1NC(=O)c1ccc(-c2ccc3c(c2)OCCO3)s1. The molecule has 1 saturated heterocycles. The second kappa shape index (κ2) is 9.57. The van der Waals surface area contributed by atoms with Crippen LogP contribution in [0.25, 0.3) is 10.4 Å². The number of anilines is 1. The number of nitrogens with zero attached hydrogens (tertiary/aromatic N) is 1. The molecule has 1 aromatic heterocycles. The van der Waals surface area contributed by atoms with Gasteiger partial charge in [0.05, 0.1) is 4.88 Å². The van der Waals surface area contributed by atoms with Gasteiger partial charge in [-0.25, -0.2) is 0 Å². The number of benzene rings is 2. The Morgan fingerprint density at radius 3 is 2.62 bits per heavy atom. The Labute approximate surface area is 196 Å². The fraction of sp³-hybridized carbons (Fsp3) is 0.320. The van der Waals surface area contributed by atoms with E-state index in [0.717, 1.165) is 52.8 Å². The lowest BCUT2D eigenvalue weighted by Crippen LogP contribution is -2.31. The van der Waals surface area contributed by atoms with Crippen molar-refractivity contribution in [3.05, 3.63) is 64.5 Å². The fourth-order valence-corrected chi connectivity index (χ4v) is 5.85. The number of hydrogen-bond acceptors (Lipinski definition) is 6. The van der Waals surface area contributed by atoms with Crippen LogP contribution in [0.3, 0.4) is 0 Å². The number of carbonyl (C=O) groups is 1. The molecule has 0 atom stereocenters. The molecule has 7 heteroatoms. The molecule has 0 spiro atoms. The van der Waals surface area contributed by atoms with Crippen LogP contribution in [0.2, 0.25) is 0 Å². The van der Waals surface area contributed by atoms with Crippen molar-refractivity contribution >= 4 is 34.7 Å². The standard InChI is InChI=1S/C25H26N2O3S2/c1-17-14-18(16-27-8-12-31-13-9-27)2-4-20(17)26-25(28)24-7-6-23(32-24)19-3-5-21-22(15-19)30-11-10-29-21/h2-7,14-15H,8-13,16H2,1H3,(H,26,28). The first kappa shape index (κ1) is 21.4. The van der Waals surface area contributed by atoms with E-state index in [1.54, 1.807) is 0 Å². The average molecular weight is 467 g/mol. The smallest absolute Gasteiger partial charge is 0.265 e. The molecule has 1 N–H and O–H groups in total. The van der Waals surface area contributed by atoms with Crippen molar-refractivity contribution in [1.82, 2.24) is 4.90 Å². The highest BCUT2D eigenvalue weighted by atomic mass is 32.2. The maximum Gasteiger partial charge on any atom is 0.265 e. The number of aryl methyl sites for hydroxylation is 1. The molecule has 5 nitrogen and oxygen atoms in total. The molecule has 0 unspecified atom stereocenters. The van der Waals surface area contributed by atoms with Gasteiger partial charge in [0.15, 0.2) is 11.5 Å². The zero-order valence-corrected chi connectivity index (χ0v) is 19.7. The minimum absolute atomic E-state index is 0.0808. The first-order chi connectivity index (χ1) is 15.7. The van der Waals surface area contributed by atoms with Gasteiger partial charge in [-0.05, 0) is 60.0 Å². The minimum Gasteiger partial charge on any atom is -0.486 e. The second-order valence-corrected chi connectivity index (χ2v) is 10.3. The molecular weight excluding hydrogens is 440 g/mol. The van der Waals surface area contributed by atoms with Gasteiger partial charge in [0.25, 0.3) is 5.91 Å². The van der Waals surface area contributed by atoms with Crippen molar-refractivity contribution in [2.45, 2.75) is 13.5 Å². The lowest BCUT2D eigenvalue weighted by atomic mass is 10.1. The van der Waals surface area contributed by atoms with Crippen LogP contribution in [0.15, 0.2) is 48.5 Å². The lowest BCUT2D eigenvalue weighted by molar-refractivity contribution is 0.103. The molecule has 5 rings (SSSR count). The summed E-state index contributed by atoms with van der Waals surface area (Å²) in [5.41, 5.74) is 4.27. The highest BCUT2D eigenvalue weighted by molar-refractivity contribution is 7.99. The molecule has 166 valence electrons. The number of fused-ring (bicyclic) bond motifs is 1. The van der Waals surface area contributed by atoms with Crippen LogP contribution in [-0.2, 0) is 6.54 Å². The third-order valence-corrected chi connectivity index (χ3v) is 7.78. The summed E-state index contributed by atoms with van der Waals surface area (Å²) < 4.78 is 11.3. The molecule has 0 saturated carbocycles. The summed E-state index contributed by atoms with van der Waals surface area (Å²) in [7, 11) is 0. The van der Waals surface area contributed by atoms with Crippen LogP contribution in [0.1, 0.15) is 20.8 Å². The summed E-state index contributed by atoms with van der Waals surface area (Å²) in [4.78, 5) is 17.1. The van der Waals surface area contributed by atoms with Crippen LogP contribution in [0, 0.1) is 6.92 Å². The van der Waals surface area contributed by atoms with Gasteiger partial charge in [-0.2, -0.15) is 11.8 Å². The molecule has 0 radical (unpaired) electrons. The third-order valence-electron chi connectivity index (χ3n) is 5.71. The molecule has 1 fully saturated rings. The Kier molecular flexibility index (Phi) is 6.39. The maximum absolute atomic E-state index is 12.9. The molecule has 2 aliphatic rings. The number of ether oxygens (including phenoxy) is 2. The van der Waals surface area contributed by atoms with Gasteiger partial charge in [-0.3, -0.25) is 9.69 Å². The second-order valence-electron chi connectivity index (χ2n) is 8.01. The monoisotopic (exact) mass is 466 g/mol. The zero-order valence-electron chi connectivity index (χ0n) is 18.1. The highest BCUT2D eigenvalue weighted by Crippen LogP contribution is 2.37.